The Balaban J connectivity index is 1.69. The van der Waals surface area contributed by atoms with Gasteiger partial charge in [-0.15, -0.1) is 0 Å². The van der Waals surface area contributed by atoms with Crippen LogP contribution in [0.3, 0.4) is 0 Å². The van der Waals surface area contributed by atoms with Crippen LogP contribution in [0.5, 0.6) is 0 Å². The Morgan fingerprint density at radius 3 is 2.50 bits per heavy atom. The monoisotopic (exact) mass is 409 g/mol. The summed E-state index contributed by atoms with van der Waals surface area (Å²) < 4.78 is 5.98. The van der Waals surface area contributed by atoms with Crippen LogP contribution in [-0.2, 0) is 11.3 Å². The lowest BCUT2D eigenvalue weighted by atomic mass is 9.96. The first-order valence-corrected chi connectivity index (χ1v) is 10.5. The molecule has 0 aromatic heterocycles. The number of nitrogen functional groups attached to an aromatic ring is 1. The molecule has 1 aliphatic rings. The fourth-order valence-electron chi connectivity index (χ4n) is 3.91. The molecular formula is C24H31N3O3. The quantitative estimate of drug-likeness (QED) is 0.452. The second-order valence-corrected chi connectivity index (χ2v) is 8.31. The van der Waals surface area contributed by atoms with Crippen molar-refractivity contribution in [1.82, 2.24) is 4.90 Å². The second kappa shape index (κ2) is 9.87. The van der Waals surface area contributed by atoms with Crippen LogP contribution in [-0.4, -0.2) is 47.5 Å². The Kier molecular flexibility index (Phi) is 7.24. The average Bonchev–Trinajstić information content (AvgIpc) is 2.74. The van der Waals surface area contributed by atoms with Crippen molar-refractivity contribution in [3.8, 4) is 11.1 Å². The molecule has 2 aromatic carbocycles. The van der Waals surface area contributed by atoms with Crippen LogP contribution in [0.1, 0.15) is 48.2 Å². The standard InChI is InChI=1S/C24H31N3O3/c1-16(2)27-8-6-17(7-9-27)14-30-15-18-10-21(13-22(11-18)24(28)29)19-4-3-5-20(12-19)23(25)26/h3-5,10-13,16-17H,6-9,14-15H2,1-2H3,(H3,25,26)(H,28,29). The first-order valence-electron chi connectivity index (χ1n) is 10.5. The van der Waals surface area contributed by atoms with E-state index >= 15 is 0 Å². The van der Waals surface area contributed by atoms with Crippen molar-refractivity contribution in [1.29, 1.82) is 5.41 Å². The minimum absolute atomic E-state index is 0.0155. The highest BCUT2D eigenvalue weighted by Gasteiger charge is 2.21. The van der Waals surface area contributed by atoms with E-state index < -0.39 is 5.97 Å². The molecule has 0 atom stereocenters. The molecule has 0 bridgehead atoms. The molecule has 1 saturated heterocycles. The molecule has 1 aliphatic heterocycles. The van der Waals surface area contributed by atoms with Crippen LogP contribution in [0.15, 0.2) is 42.5 Å². The molecular weight excluding hydrogens is 378 g/mol. The number of benzene rings is 2. The van der Waals surface area contributed by atoms with E-state index in [4.69, 9.17) is 15.9 Å². The highest BCUT2D eigenvalue weighted by Crippen LogP contribution is 2.25. The number of hydrogen-bond donors (Lipinski definition) is 3. The average molecular weight is 410 g/mol. The highest BCUT2D eigenvalue weighted by molar-refractivity contribution is 5.96. The van der Waals surface area contributed by atoms with Crippen molar-refractivity contribution < 1.29 is 14.6 Å². The second-order valence-electron chi connectivity index (χ2n) is 8.31. The lowest BCUT2D eigenvalue weighted by Crippen LogP contribution is -2.39. The smallest absolute Gasteiger partial charge is 0.335 e. The summed E-state index contributed by atoms with van der Waals surface area (Å²) in [6, 6.07) is 13.1. The molecule has 0 unspecified atom stereocenters. The zero-order valence-electron chi connectivity index (χ0n) is 17.7. The lowest BCUT2D eigenvalue weighted by Gasteiger charge is -2.34. The predicted molar refractivity (Wildman–Crippen MR) is 119 cm³/mol. The normalized spacial score (nSPS) is 15.4. The van der Waals surface area contributed by atoms with E-state index in [1.807, 2.05) is 18.2 Å². The van der Waals surface area contributed by atoms with Crippen molar-refractivity contribution in [3.05, 3.63) is 59.2 Å². The number of nitrogens with zero attached hydrogens (tertiary/aromatic N) is 1. The largest absolute Gasteiger partial charge is 0.478 e. The number of likely N-dealkylation sites (tertiary alicyclic amines) is 1. The minimum atomic E-state index is -0.970. The van der Waals surface area contributed by atoms with Crippen LogP contribution < -0.4 is 5.73 Å². The number of aromatic carboxylic acids is 1. The van der Waals surface area contributed by atoms with Crippen LogP contribution >= 0.6 is 0 Å². The van der Waals surface area contributed by atoms with E-state index in [0.717, 1.165) is 42.6 Å². The van der Waals surface area contributed by atoms with Gasteiger partial charge in [0.1, 0.15) is 5.84 Å². The summed E-state index contributed by atoms with van der Waals surface area (Å²) in [5.74, 6) is -0.436. The molecule has 0 radical (unpaired) electrons. The third kappa shape index (κ3) is 5.68. The zero-order valence-corrected chi connectivity index (χ0v) is 17.7. The number of hydrogen-bond acceptors (Lipinski definition) is 4. The van der Waals surface area contributed by atoms with E-state index in [-0.39, 0.29) is 11.4 Å². The molecule has 1 heterocycles. The van der Waals surface area contributed by atoms with Gasteiger partial charge in [0.15, 0.2) is 0 Å². The van der Waals surface area contributed by atoms with Crippen LogP contribution in [0, 0.1) is 11.3 Å². The molecule has 0 saturated carbocycles. The summed E-state index contributed by atoms with van der Waals surface area (Å²) in [5.41, 5.74) is 8.87. The van der Waals surface area contributed by atoms with Gasteiger partial charge in [0.25, 0.3) is 0 Å². The van der Waals surface area contributed by atoms with Crippen molar-refractivity contribution in [3.63, 3.8) is 0 Å². The van der Waals surface area contributed by atoms with Gasteiger partial charge in [-0.25, -0.2) is 4.79 Å². The summed E-state index contributed by atoms with van der Waals surface area (Å²) >= 11 is 0. The predicted octanol–water partition coefficient (Wildman–Crippen LogP) is 3.97. The number of piperidine rings is 1. The summed E-state index contributed by atoms with van der Waals surface area (Å²) in [6.45, 7) is 7.75. The van der Waals surface area contributed by atoms with Crippen molar-refractivity contribution in [2.24, 2.45) is 11.7 Å². The summed E-state index contributed by atoms with van der Waals surface area (Å²) in [7, 11) is 0. The first kappa shape index (κ1) is 22.0. The Labute approximate surface area is 178 Å². The molecule has 3 rings (SSSR count). The molecule has 6 heteroatoms. The molecule has 30 heavy (non-hydrogen) atoms. The molecule has 0 spiro atoms. The molecule has 0 aliphatic carbocycles. The first-order chi connectivity index (χ1) is 14.3. The van der Waals surface area contributed by atoms with Crippen molar-refractivity contribution in [2.45, 2.75) is 39.3 Å². The number of rotatable bonds is 8. The van der Waals surface area contributed by atoms with Gasteiger partial charge in [0.05, 0.1) is 12.2 Å². The third-order valence-electron chi connectivity index (χ3n) is 5.75. The van der Waals surface area contributed by atoms with Crippen molar-refractivity contribution >= 4 is 11.8 Å². The number of nitrogens with one attached hydrogen (secondary N) is 1. The van der Waals surface area contributed by atoms with Crippen LogP contribution in [0.25, 0.3) is 11.1 Å². The molecule has 2 aromatic rings. The molecule has 1 fully saturated rings. The minimum Gasteiger partial charge on any atom is -0.478 e. The van der Waals surface area contributed by atoms with Gasteiger partial charge in [-0.05, 0) is 86.7 Å². The molecule has 160 valence electrons. The maximum atomic E-state index is 11.6. The zero-order chi connectivity index (χ0) is 21.7. The van der Waals surface area contributed by atoms with Gasteiger partial charge in [-0.2, -0.15) is 0 Å². The highest BCUT2D eigenvalue weighted by atomic mass is 16.5. The summed E-state index contributed by atoms with van der Waals surface area (Å²) in [4.78, 5) is 14.1. The topological polar surface area (TPSA) is 99.6 Å². The van der Waals surface area contributed by atoms with E-state index in [1.165, 1.54) is 0 Å². The Morgan fingerprint density at radius 1 is 1.17 bits per heavy atom. The number of carbonyl (C=O) groups is 1. The fraction of sp³-hybridized carbons (Fsp3) is 0.417. The van der Waals surface area contributed by atoms with E-state index in [9.17, 15) is 9.90 Å². The Bertz CT molecular complexity index is 902. The Hall–Kier alpha value is -2.70. The van der Waals surface area contributed by atoms with Gasteiger partial charge in [-0.3, -0.25) is 5.41 Å². The maximum absolute atomic E-state index is 11.6. The lowest BCUT2D eigenvalue weighted by molar-refractivity contribution is 0.0512. The molecule has 4 N–H and O–H groups in total. The van der Waals surface area contributed by atoms with Crippen LogP contribution in [0.2, 0.25) is 0 Å². The molecule has 0 amide bonds. The SMILES string of the molecule is CC(C)N1CCC(COCc2cc(C(=O)O)cc(-c3cccc(C(=N)N)c3)c2)CC1. The van der Waals surface area contributed by atoms with Gasteiger partial charge in [0.2, 0.25) is 0 Å². The number of carboxylic acid groups (broad SMARTS) is 1. The van der Waals surface area contributed by atoms with Gasteiger partial charge in [0, 0.05) is 18.2 Å². The van der Waals surface area contributed by atoms with Gasteiger partial charge in [-0.1, -0.05) is 18.2 Å². The van der Waals surface area contributed by atoms with Gasteiger partial charge >= 0.3 is 5.97 Å². The number of amidine groups is 1. The number of nitrogens with two attached hydrogens (primary N) is 1. The number of ether oxygens (including phenoxy) is 1. The summed E-state index contributed by atoms with van der Waals surface area (Å²) in [6.07, 6.45) is 2.27. The molecule has 6 nitrogen and oxygen atoms in total. The van der Waals surface area contributed by atoms with Gasteiger partial charge < -0.3 is 20.5 Å². The Morgan fingerprint density at radius 2 is 1.87 bits per heavy atom. The van der Waals surface area contributed by atoms with Crippen molar-refractivity contribution in [2.75, 3.05) is 19.7 Å². The summed E-state index contributed by atoms with van der Waals surface area (Å²) in [5, 5.41) is 17.2. The van der Waals surface area contributed by atoms with E-state index in [2.05, 4.69) is 18.7 Å². The third-order valence-corrected chi connectivity index (χ3v) is 5.75. The maximum Gasteiger partial charge on any atom is 0.335 e. The fourth-order valence-corrected chi connectivity index (χ4v) is 3.91. The van der Waals surface area contributed by atoms with E-state index in [1.54, 1.807) is 24.3 Å². The number of carboxylic acids is 1. The van der Waals surface area contributed by atoms with E-state index in [0.29, 0.717) is 30.7 Å². The van der Waals surface area contributed by atoms with Crippen LogP contribution in [0.4, 0.5) is 0 Å².